The van der Waals surface area contributed by atoms with Crippen molar-refractivity contribution in [2.45, 2.75) is 6.10 Å². The predicted octanol–water partition coefficient (Wildman–Crippen LogP) is 0.576. The molecule has 1 aliphatic heterocycles. The van der Waals surface area contributed by atoms with Gasteiger partial charge in [0.15, 0.2) is 17.6 Å². The van der Waals surface area contributed by atoms with Gasteiger partial charge in [0.2, 0.25) is 0 Å². The van der Waals surface area contributed by atoms with Crippen LogP contribution >= 0.6 is 0 Å². The first-order chi connectivity index (χ1) is 7.18. The van der Waals surface area contributed by atoms with Crippen molar-refractivity contribution in [2.75, 3.05) is 13.2 Å². The standard InChI is InChI=1S/C10H10O5/c11-9(10(12)13)6-1-2-7-8(5-6)15-4-3-14-7/h1-2,5,9,11H,3-4H2,(H,12,13). The summed E-state index contributed by atoms with van der Waals surface area (Å²) in [6, 6.07) is 4.58. The minimum absolute atomic E-state index is 0.284. The van der Waals surface area contributed by atoms with Gasteiger partial charge in [-0.2, -0.15) is 0 Å². The van der Waals surface area contributed by atoms with Gasteiger partial charge in [0.1, 0.15) is 13.2 Å². The average Bonchev–Trinajstić information content (AvgIpc) is 2.27. The second kappa shape index (κ2) is 3.78. The Hall–Kier alpha value is -1.75. The molecule has 80 valence electrons. The van der Waals surface area contributed by atoms with E-state index in [-0.39, 0.29) is 5.56 Å². The van der Waals surface area contributed by atoms with Gasteiger partial charge in [-0.05, 0) is 17.7 Å². The summed E-state index contributed by atoms with van der Waals surface area (Å²) in [5.74, 6) is -0.242. The van der Waals surface area contributed by atoms with Crippen LogP contribution in [0.5, 0.6) is 11.5 Å². The van der Waals surface area contributed by atoms with Crippen LogP contribution in [0.15, 0.2) is 18.2 Å². The van der Waals surface area contributed by atoms with E-state index in [0.29, 0.717) is 24.7 Å². The molecule has 2 N–H and O–H groups in total. The second-order valence-corrected chi connectivity index (χ2v) is 3.14. The molecule has 0 aliphatic carbocycles. The smallest absolute Gasteiger partial charge is 0.337 e. The summed E-state index contributed by atoms with van der Waals surface area (Å²) < 4.78 is 10.5. The lowest BCUT2D eigenvalue weighted by molar-refractivity contribution is -0.146. The van der Waals surface area contributed by atoms with Crippen LogP contribution in [-0.4, -0.2) is 29.4 Å². The third kappa shape index (κ3) is 1.87. The number of aliphatic carboxylic acids is 1. The maximum Gasteiger partial charge on any atom is 0.337 e. The van der Waals surface area contributed by atoms with Crippen molar-refractivity contribution in [2.24, 2.45) is 0 Å². The zero-order valence-corrected chi connectivity index (χ0v) is 7.84. The Morgan fingerprint density at radius 1 is 1.27 bits per heavy atom. The van der Waals surface area contributed by atoms with Crippen LogP contribution < -0.4 is 9.47 Å². The molecule has 1 aromatic carbocycles. The van der Waals surface area contributed by atoms with Crippen molar-refractivity contribution < 1.29 is 24.5 Å². The molecule has 5 nitrogen and oxygen atoms in total. The van der Waals surface area contributed by atoms with Gasteiger partial charge in [-0.1, -0.05) is 6.07 Å². The number of hydrogen-bond acceptors (Lipinski definition) is 4. The largest absolute Gasteiger partial charge is 0.486 e. The lowest BCUT2D eigenvalue weighted by Gasteiger charge is -2.19. The number of hydrogen-bond donors (Lipinski definition) is 2. The third-order valence-electron chi connectivity index (χ3n) is 2.12. The van der Waals surface area contributed by atoms with Crippen molar-refractivity contribution in [3.8, 4) is 11.5 Å². The van der Waals surface area contributed by atoms with E-state index in [4.69, 9.17) is 14.6 Å². The number of benzene rings is 1. The van der Waals surface area contributed by atoms with E-state index in [1.54, 1.807) is 6.07 Å². The molecule has 0 saturated heterocycles. The molecule has 0 amide bonds. The summed E-state index contributed by atoms with van der Waals surface area (Å²) >= 11 is 0. The first-order valence-electron chi connectivity index (χ1n) is 4.49. The van der Waals surface area contributed by atoms with Gasteiger partial charge in [0.25, 0.3) is 0 Å². The van der Waals surface area contributed by atoms with E-state index in [1.807, 2.05) is 0 Å². The molecule has 2 rings (SSSR count). The molecule has 0 saturated carbocycles. The van der Waals surface area contributed by atoms with Crippen LogP contribution in [0.1, 0.15) is 11.7 Å². The Balaban J connectivity index is 2.31. The van der Waals surface area contributed by atoms with E-state index < -0.39 is 12.1 Å². The van der Waals surface area contributed by atoms with Crippen LogP contribution in [-0.2, 0) is 4.79 Å². The van der Waals surface area contributed by atoms with E-state index in [0.717, 1.165) is 0 Å². The third-order valence-corrected chi connectivity index (χ3v) is 2.12. The molecular formula is C10H10O5. The van der Waals surface area contributed by atoms with E-state index in [2.05, 4.69) is 0 Å². The van der Waals surface area contributed by atoms with E-state index in [9.17, 15) is 9.90 Å². The first-order valence-corrected chi connectivity index (χ1v) is 4.49. The summed E-state index contributed by atoms with van der Waals surface area (Å²) in [6.45, 7) is 0.910. The van der Waals surface area contributed by atoms with Crippen LogP contribution in [0.4, 0.5) is 0 Å². The van der Waals surface area contributed by atoms with Crippen molar-refractivity contribution >= 4 is 5.97 Å². The number of fused-ring (bicyclic) bond motifs is 1. The Kier molecular flexibility index (Phi) is 2.47. The molecule has 15 heavy (non-hydrogen) atoms. The minimum Gasteiger partial charge on any atom is -0.486 e. The van der Waals surface area contributed by atoms with Crippen molar-refractivity contribution in [3.63, 3.8) is 0 Å². The Morgan fingerprint density at radius 3 is 2.60 bits per heavy atom. The summed E-state index contributed by atoms with van der Waals surface area (Å²) in [6.07, 6.45) is -1.53. The number of rotatable bonds is 2. The highest BCUT2D eigenvalue weighted by Crippen LogP contribution is 2.32. The lowest BCUT2D eigenvalue weighted by Crippen LogP contribution is -2.16. The summed E-state index contributed by atoms with van der Waals surface area (Å²) in [7, 11) is 0. The molecular weight excluding hydrogens is 200 g/mol. The van der Waals surface area contributed by atoms with Gasteiger partial charge in [0, 0.05) is 0 Å². The fraction of sp³-hybridized carbons (Fsp3) is 0.300. The maximum absolute atomic E-state index is 10.5. The Bertz CT molecular complexity index is 387. The topological polar surface area (TPSA) is 76.0 Å². The van der Waals surface area contributed by atoms with Crippen LogP contribution in [0, 0.1) is 0 Å². The molecule has 1 unspecified atom stereocenters. The number of aliphatic hydroxyl groups is 1. The van der Waals surface area contributed by atoms with Gasteiger partial charge in [-0.25, -0.2) is 4.79 Å². The van der Waals surface area contributed by atoms with Crippen molar-refractivity contribution in [3.05, 3.63) is 23.8 Å². The molecule has 0 spiro atoms. The highest BCUT2D eigenvalue weighted by molar-refractivity contribution is 5.74. The quantitative estimate of drug-likeness (QED) is 0.746. The molecule has 0 aromatic heterocycles. The first kappa shape index (κ1) is 9.79. The number of carbonyl (C=O) groups is 1. The monoisotopic (exact) mass is 210 g/mol. The van der Waals surface area contributed by atoms with E-state index in [1.165, 1.54) is 12.1 Å². The number of aliphatic hydroxyl groups excluding tert-OH is 1. The molecule has 0 bridgehead atoms. The number of ether oxygens (including phenoxy) is 2. The zero-order chi connectivity index (χ0) is 10.8. The summed E-state index contributed by atoms with van der Waals surface area (Å²) in [4.78, 5) is 10.5. The molecule has 1 aliphatic rings. The van der Waals surface area contributed by atoms with Crippen LogP contribution in [0.2, 0.25) is 0 Å². The molecule has 5 heteroatoms. The minimum atomic E-state index is -1.53. The molecule has 1 atom stereocenters. The SMILES string of the molecule is O=C(O)C(O)c1ccc2c(c1)OCCO2. The fourth-order valence-electron chi connectivity index (χ4n) is 1.37. The van der Waals surface area contributed by atoms with Gasteiger partial charge in [0.05, 0.1) is 0 Å². The number of carboxylic acid groups (broad SMARTS) is 1. The average molecular weight is 210 g/mol. The number of carboxylic acids is 1. The molecule has 1 aromatic rings. The zero-order valence-electron chi connectivity index (χ0n) is 7.84. The second-order valence-electron chi connectivity index (χ2n) is 3.14. The Labute approximate surface area is 85.9 Å². The normalized spacial score (nSPS) is 15.8. The van der Waals surface area contributed by atoms with Gasteiger partial charge < -0.3 is 19.7 Å². The van der Waals surface area contributed by atoms with Gasteiger partial charge in [-0.3, -0.25) is 0 Å². The van der Waals surface area contributed by atoms with E-state index >= 15 is 0 Å². The highest BCUT2D eigenvalue weighted by atomic mass is 16.6. The Morgan fingerprint density at radius 2 is 1.93 bits per heavy atom. The van der Waals surface area contributed by atoms with Crippen LogP contribution in [0.3, 0.4) is 0 Å². The fourth-order valence-corrected chi connectivity index (χ4v) is 1.37. The van der Waals surface area contributed by atoms with Crippen LogP contribution in [0.25, 0.3) is 0 Å². The van der Waals surface area contributed by atoms with Gasteiger partial charge >= 0.3 is 5.97 Å². The van der Waals surface area contributed by atoms with Crippen molar-refractivity contribution in [1.82, 2.24) is 0 Å². The summed E-state index contributed by atoms with van der Waals surface area (Å²) in [5.41, 5.74) is 0.284. The molecule has 1 heterocycles. The highest BCUT2D eigenvalue weighted by Gasteiger charge is 2.19. The van der Waals surface area contributed by atoms with Gasteiger partial charge in [-0.15, -0.1) is 0 Å². The summed E-state index contributed by atoms with van der Waals surface area (Å²) in [5, 5.41) is 17.9. The maximum atomic E-state index is 10.5. The van der Waals surface area contributed by atoms with Crippen molar-refractivity contribution in [1.29, 1.82) is 0 Å². The lowest BCUT2D eigenvalue weighted by atomic mass is 10.1. The molecule has 0 fully saturated rings. The predicted molar refractivity (Wildman–Crippen MR) is 50.0 cm³/mol. The molecule has 0 radical (unpaired) electrons.